The molecule has 0 amide bonds. The molecule has 0 aliphatic rings. The Balaban J connectivity index is 1.58. The SMILES string of the molecule is COc1ccc(OC)c(NC(=S)N(CCc2c(C)[nH]c3ccc(OC)cc23)Cc2cccs2)c1. The third-order valence-corrected chi connectivity index (χ3v) is 7.04. The Morgan fingerprint density at radius 1 is 1.03 bits per heavy atom. The van der Waals surface area contributed by atoms with E-state index in [1.165, 1.54) is 15.8 Å². The molecular weight excluding hydrogens is 466 g/mol. The molecule has 2 N–H and O–H groups in total. The van der Waals surface area contributed by atoms with Crippen LogP contribution in [-0.2, 0) is 13.0 Å². The second-order valence-corrected chi connectivity index (χ2v) is 9.31. The van der Waals surface area contributed by atoms with Crippen LogP contribution in [0.4, 0.5) is 5.69 Å². The smallest absolute Gasteiger partial charge is 0.173 e. The molecule has 178 valence electrons. The fraction of sp³-hybridized carbons (Fsp3) is 0.269. The normalized spacial score (nSPS) is 10.8. The van der Waals surface area contributed by atoms with E-state index < -0.39 is 0 Å². The van der Waals surface area contributed by atoms with Gasteiger partial charge in [-0.15, -0.1) is 11.3 Å². The van der Waals surface area contributed by atoms with Crippen molar-refractivity contribution in [2.24, 2.45) is 0 Å². The third kappa shape index (κ3) is 5.29. The average Bonchev–Trinajstić information content (AvgIpc) is 3.48. The molecule has 0 saturated carbocycles. The van der Waals surface area contributed by atoms with Crippen molar-refractivity contribution in [1.29, 1.82) is 0 Å². The Morgan fingerprint density at radius 3 is 2.50 bits per heavy atom. The van der Waals surface area contributed by atoms with Crippen LogP contribution in [0.3, 0.4) is 0 Å². The zero-order chi connectivity index (χ0) is 24.1. The maximum Gasteiger partial charge on any atom is 0.173 e. The largest absolute Gasteiger partial charge is 0.497 e. The number of thiophene rings is 1. The van der Waals surface area contributed by atoms with Crippen molar-refractivity contribution < 1.29 is 14.2 Å². The number of hydrogen-bond acceptors (Lipinski definition) is 5. The molecule has 0 aliphatic heterocycles. The number of benzene rings is 2. The van der Waals surface area contributed by atoms with Crippen LogP contribution < -0.4 is 19.5 Å². The molecule has 2 heterocycles. The van der Waals surface area contributed by atoms with Crippen molar-refractivity contribution in [3.05, 3.63) is 70.0 Å². The monoisotopic (exact) mass is 495 g/mol. The zero-order valence-corrected chi connectivity index (χ0v) is 21.4. The summed E-state index contributed by atoms with van der Waals surface area (Å²) in [5.41, 5.74) is 4.32. The van der Waals surface area contributed by atoms with Gasteiger partial charge >= 0.3 is 0 Å². The van der Waals surface area contributed by atoms with Crippen LogP contribution in [-0.4, -0.2) is 42.9 Å². The first-order chi connectivity index (χ1) is 16.5. The summed E-state index contributed by atoms with van der Waals surface area (Å²) >= 11 is 7.60. The molecule has 6 nitrogen and oxygen atoms in total. The standard InChI is InChI=1S/C26H29N3O3S2/c1-17-21(22-14-18(30-2)7-9-23(22)27-17)11-12-29(16-20-6-5-13-34-20)26(33)28-24-15-19(31-3)8-10-25(24)32-4/h5-10,13-15,27H,11-12,16H2,1-4H3,(H,28,33). The van der Waals surface area contributed by atoms with Crippen LogP contribution in [0.5, 0.6) is 17.2 Å². The van der Waals surface area contributed by atoms with Gasteiger partial charge in [0, 0.05) is 34.1 Å². The van der Waals surface area contributed by atoms with Crippen LogP contribution in [0.1, 0.15) is 16.1 Å². The quantitative estimate of drug-likeness (QED) is 0.278. The topological polar surface area (TPSA) is 58.8 Å². The minimum absolute atomic E-state index is 0.634. The first kappa shape index (κ1) is 23.9. The van der Waals surface area contributed by atoms with E-state index >= 15 is 0 Å². The van der Waals surface area contributed by atoms with Crippen molar-refractivity contribution in [1.82, 2.24) is 9.88 Å². The van der Waals surface area contributed by atoms with E-state index in [-0.39, 0.29) is 0 Å². The minimum Gasteiger partial charge on any atom is -0.497 e. The molecule has 0 saturated heterocycles. The van der Waals surface area contributed by atoms with Crippen LogP contribution >= 0.6 is 23.6 Å². The molecule has 0 atom stereocenters. The van der Waals surface area contributed by atoms with E-state index in [1.54, 1.807) is 32.7 Å². The van der Waals surface area contributed by atoms with E-state index in [2.05, 4.69) is 51.8 Å². The van der Waals surface area contributed by atoms with Crippen LogP contribution in [0.25, 0.3) is 10.9 Å². The van der Waals surface area contributed by atoms with Gasteiger partial charge in [0.1, 0.15) is 17.2 Å². The fourth-order valence-electron chi connectivity index (χ4n) is 4.01. The number of nitrogens with zero attached hydrogens (tertiary/aromatic N) is 1. The number of fused-ring (bicyclic) bond motifs is 1. The lowest BCUT2D eigenvalue weighted by Gasteiger charge is -2.26. The maximum atomic E-state index is 5.88. The molecule has 34 heavy (non-hydrogen) atoms. The Hall–Kier alpha value is -3.23. The van der Waals surface area contributed by atoms with E-state index in [9.17, 15) is 0 Å². The van der Waals surface area contributed by atoms with Gasteiger partial charge in [-0.05, 0) is 72.9 Å². The lowest BCUT2D eigenvalue weighted by molar-refractivity contribution is 0.404. The Kier molecular flexibility index (Phi) is 7.59. The molecule has 0 spiro atoms. The fourth-order valence-corrected chi connectivity index (χ4v) is 4.99. The van der Waals surface area contributed by atoms with Crippen LogP contribution in [0.2, 0.25) is 0 Å². The molecule has 4 rings (SSSR count). The van der Waals surface area contributed by atoms with Gasteiger partial charge in [0.25, 0.3) is 0 Å². The number of hydrogen-bond donors (Lipinski definition) is 2. The minimum atomic E-state index is 0.634. The van der Waals surface area contributed by atoms with E-state index in [0.29, 0.717) is 10.9 Å². The van der Waals surface area contributed by atoms with Gasteiger partial charge in [0.05, 0.1) is 33.6 Å². The summed E-state index contributed by atoms with van der Waals surface area (Å²) in [6.45, 7) is 3.59. The first-order valence-corrected chi connectivity index (χ1v) is 12.3. The van der Waals surface area contributed by atoms with Gasteiger partial charge in [0.2, 0.25) is 0 Å². The molecule has 4 aromatic rings. The summed E-state index contributed by atoms with van der Waals surface area (Å²) in [5.74, 6) is 2.29. The number of anilines is 1. The molecule has 2 aromatic heterocycles. The summed E-state index contributed by atoms with van der Waals surface area (Å²) < 4.78 is 16.4. The Bertz CT molecular complexity index is 1270. The van der Waals surface area contributed by atoms with E-state index in [4.69, 9.17) is 26.4 Å². The summed E-state index contributed by atoms with van der Waals surface area (Å²) in [5, 5.41) is 7.28. The number of methoxy groups -OCH3 is 3. The van der Waals surface area contributed by atoms with E-state index in [1.807, 2.05) is 24.3 Å². The van der Waals surface area contributed by atoms with Crippen molar-refractivity contribution in [2.45, 2.75) is 19.9 Å². The molecule has 0 bridgehead atoms. The summed E-state index contributed by atoms with van der Waals surface area (Å²) in [4.78, 5) is 6.94. The molecular formula is C26H29N3O3S2. The highest BCUT2D eigenvalue weighted by Gasteiger charge is 2.17. The van der Waals surface area contributed by atoms with Crippen LogP contribution in [0.15, 0.2) is 53.9 Å². The number of rotatable bonds is 9. The van der Waals surface area contributed by atoms with Gasteiger partial charge in [0.15, 0.2) is 5.11 Å². The second kappa shape index (κ2) is 10.8. The highest BCUT2D eigenvalue weighted by atomic mass is 32.1. The highest BCUT2D eigenvalue weighted by molar-refractivity contribution is 7.80. The van der Waals surface area contributed by atoms with Gasteiger partial charge < -0.3 is 29.4 Å². The molecule has 0 unspecified atom stereocenters. The Morgan fingerprint density at radius 2 is 1.79 bits per heavy atom. The van der Waals surface area contributed by atoms with Gasteiger partial charge in [-0.3, -0.25) is 0 Å². The molecule has 0 radical (unpaired) electrons. The molecule has 2 aromatic carbocycles. The van der Waals surface area contributed by atoms with Gasteiger partial charge in [-0.1, -0.05) is 6.07 Å². The van der Waals surface area contributed by atoms with Gasteiger partial charge in [-0.2, -0.15) is 0 Å². The number of aromatic nitrogens is 1. The van der Waals surface area contributed by atoms with Crippen molar-refractivity contribution in [2.75, 3.05) is 33.2 Å². The number of H-pyrrole nitrogens is 1. The summed E-state index contributed by atoms with van der Waals surface area (Å²) in [6.07, 6.45) is 0.835. The summed E-state index contributed by atoms with van der Waals surface area (Å²) in [7, 11) is 4.99. The number of nitrogens with one attached hydrogen (secondary N) is 2. The van der Waals surface area contributed by atoms with Gasteiger partial charge in [-0.25, -0.2) is 0 Å². The number of aryl methyl sites for hydroxylation is 1. The Labute approximate surface area is 209 Å². The maximum absolute atomic E-state index is 5.88. The lowest BCUT2D eigenvalue weighted by atomic mass is 10.1. The van der Waals surface area contributed by atoms with Crippen LogP contribution in [0, 0.1) is 6.92 Å². The molecule has 0 fully saturated rings. The van der Waals surface area contributed by atoms with Crippen molar-refractivity contribution >= 4 is 45.3 Å². The lowest BCUT2D eigenvalue weighted by Crippen LogP contribution is -2.35. The number of thiocarbonyl (C=S) groups is 1. The predicted molar refractivity (Wildman–Crippen MR) is 144 cm³/mol. The van der Waals surface area contributed by atoms with Crippen molar-refractivity contribution in [3.8, 4) is 17.2 Å². The number of ether oxygens (including phenoxy) is 3. The zero-order valence-electron chi connectivity index (χ0n) is 19.8. The average molecular weight is 496 g/mol. The number of aromatic amines is 1. The second-order valence-electron chi connectivity index (χ2n) is 7.89. The van der Waals surface area contributed by atoms with E-state index in [0.717, 1.165) is 47.9 Å². The predicted octanol–water partition coefficient (Wildman–Crippen LogP) is 6.01. The highest BCUT2D eigenvalue weighted by Crippen LogP contribution is 2.30. The van der Waals surface area contributed by atoms with Crippen molar-refractivity contribution in [3.63, 3.8) is 0 Å². The summed E-state index contributed by atoms with van der Waals surface area (Å²) in [6, 6.07) is 16.0. The third-order valence-electron chi connectivity index (χ3n) is 5.82. The molecule has 0 aliphatic carbocycles. The molecule has 8 heteroatoms. The first-order valence-electron chi connectivity index (χ1n) is 11.0.